The smallest absolute Gasteiger partial charge is 0.238 e. The van der Waals surface area contributed by atoms with E-state index in [2.05, 4.69) is 45.9 Å². The number of hydrogen-bond acceptors (Lipinski definition) is 3. The van der Waals surface area contributed by atoms with Crippen LogP contribution in [0.5, 0.6) is 0 Å². The van der Waals surface area contributed by atoms with Crippen molar-refractivity contribution in [2.24, 2.45) is 0 Å². The highest BCUT2D eigenvalue weighted by molar-refractivity contribution is 7.10. The highest BCUT2D eigenvalue weighted by Crippen LogP contribution is 2.34. The van der Waals surface area contributed by atoms with Crippen LogP contribution in [0.15, 0.2) is 60.0 Å². The van der Waals surface area contributed by atoms with Gasteiger partial charge in [-0.25, -0.2) is 0 Å². The molecular formula is C20H20N2OS. The minimum Gasteiger partial charge on any atom is -0.325 e. The average molecular weight is 336 g/mol. The number of fused-ring (bicyclic) bond motifs is 1. The molecule has 1 saturated heterocycles. The fourth-order valence-electron chi connectivity index (χ4n) is 3.47. The Bertz CT molecular complexity index is 844. The first-order valence-electron chi connectivity index (χ1n) is 8.36. The van der Waals surface area contributed by atoms with E-state index in [1.54, 1.807) is 11.3 Å². The number of carbonyl (C=O) groups is 1. The molecule has 4 heteroatoms. The maximum absolute atomic E-state index is 12.5. The number of rotatable bonds is 4. The van der Waals surface area contributed by atoms with Crippen molar-refractivity contribution in [2.45, 2.75) is 18.9 Å². The number of nitrogens with zero attached hydrogens (tertiary/aromatic N) is 1. The molecule has 0 saturated carbocycles. The highest BCUT2D eigenvalue weighted by Gasteiger charge is 2.28. The molecule has 4 rings (SSSR count). The number of amides is 1. The van der Waals surface area contributed by atoms with E-state index in [4.69, 9.17) is 0 Å². The van der Waals surface area contributed by atoms with Crippen LogP contribution < -0.4 is 5.32 Å². The summed E-state index contributed by atoms with van der Waals surface area (Å²) in [7, 11) is 0. The maximum Gasteiger partial charge on any atom is 0.238 e. The van der Waals surface area contributed by atoms with Crippen LogP contribution in [-0.2, 0) is 4.79 Å². The molecule has 0 bridgehead atoms. The molecule has 0 radical (unpaired) electrons. The third-order valence-corrected chi connectivity index (χ3v) is 5.59. The average Bonchev–Trinajstić information content (AvgIpc) is 3.25. The van der Waals surface area contributed by atoms with Gasteiger partial charge in [-0.2, -0.15) is 0 Å². The summed E-state index contributed by atoms with van der Waals surface area (Å²) in [5, 5.41) is 7.50. The second-order valence-corrected chi connectivity index (χ2v) is 7.23. The minimum absolute atomic E-state index is 0.0636. The molecule has 0 aliphatic carbocycles. The fraction of sp³-hybridized carbons (Fsp3) is 0.250. The summed E-state index contributed by atoms with van der Waals surface area (Å²) in [4.78, 5) is 16.1. The molecule has 0 unspecified atom stereocenters. The minimum atomic E-state index is 0.0636. The van der Waals surface area contributed by atoms with Crippen LogP contribution in [0.3, 0.4) is 0 Å². The van der Waals surface area contributed by atoms with E-state index in [-0.39, 0.29) is 5.91 Å². The van der Waals surface area contributed by atoms with Gasteiger partial charge in [-0.05, 0) is 53.7 Å². The zero-order chi connectivity index (χ0) is 16.4. The first-order valence-corrected chi connectivity index (χ1v) is 9.24. The topological polar surface area (TPSA) is 32.3 Å². The van der Waals surface area contributed by atoms with Gasteiger partial charge in [0.25, 0.3) is 0 Å². The van der Waals surface area contributed by atoms with Gasteiger partial charge in [-0.3, -0.25) is 9.69 Å². The molecular weight excluding hydrogens is 316 g/mol. The van der Waals surface area contributed by atoms with Crippen molar-refractivity contribution in [2.75, 3.05) is 18.4 Å². The molecule has 1 fully saturated rings. The first kappa shape index (κ1) is 15.4. The summed E-state index contributed by atoms with van der Waals surface area (Å²) >= 11 is 1.78. The van der Waals surface area contributed by atoms with Crippen molar-refractivity contribution < 1.29 is 4.79 Å². The lowest BCUT2D eigenvalue weighted by molar-refractivity contribution is -0.117. The predicted octanol–water partition coefficient (Wildman–Crippen LogP) is 4.68. The van der Waals surface area contributed by atoms with Gasteiger partial charge < -0.3 is 5.32 Å². The van der Waals surface area contributed by atoms with Crippen LogP contribution in [0, 0.1) is 0 Å². The van der Waals surface area contributed by atoms with Crippen molar-refractivity contribution in [3.8, 4) is 0 Å². The molecule has 1 aliphatic rings. The van der Waals surface area contributed by atoms with E-state index in [1.807, 2.05) is 24.3 Å². The number of carbonyl (C=O) groups excluding carboxylic acids is 1. The molecule has 0 spiro atoms. The quantitative estimate of drug-likeness (QED) is 0.750. The van der Waals surface area contributed by atoms with Crippen LogP contribution in [-0.4, -0.2) is 23.9 Å². The molecule has 1 amide bonds. The molecule has 1 atom stereocenters. The van der Waals surface area contributed by atoms with Crippen LogP contribution in [0.2, 0.25) is 0 Å². The van der Waals surface area contributed by atoms with Crippen LogP contribution >= 0.6 is 11.3 Å². The van der Waals surface area contributed by atoms with Crippen molar-refractivity contribution in [3.05, 3.63) is 64.9 Å². The van der Waals surface area contributed by atoms with E-state index in [9.17, 15) is 4.79 Å². The summed E-state index contributed by atoms with van der Waals surface area (Å²) in [6.45, 7) is 1.45. The summed E-state index contributed by atoms with van der Waals surface area (Å²) < 4.78 is 0. The Morgan fingerprint density at radius 1 is 1.12 bits per heavy atom. The number of hydrogen-bond donors (Lipinski definition) is 1. The van der Waals surface area contributed by atoms with E-state index in [0.29, 0.717) is 12.6 Å². The number of thiophene rings is 1. The Morgan fingerprint density at radius 3 is 2.83 bits per heavy atom. The third-order valence-electron chi connectivity index (χ3n) is 4.62. The number of benzene rings is 2. The molecule has 122 valence electrons. The molecule has 3 aromatic rings. The van der Waals surface area contributed by atoms with Gasteiger partial charge in [0.05, 0.1) is 6.54 Å². The van der Waals surface area contributed by atoms with Crippen molar-refractivity contribution >= 4 is 33.7 Å². The second kappa shape index (κ2) is 6.75. The first-order chi connectivity index (χ1) is 11.8. The number of nitrogens with one attached hydrogen (secondary N) is 1. The fourth-order valence-corrected chi connectivity index (χ4v) is 4.37. The third kappa shape index (κ3) is 3.21. The van der Waals surface area contributed by atoms with Gasteiger partial charge in [-0.1, -0.05) is 36.4 Å². The molecule has 1 aliphatic heterocycles. The molecule has 1 aromatic heterocycles. The van der Waals surface area contributed by atoms with Crippen LogP contribution in [0.1, 0.15) is 23.8 Å². The second-order valence-electron chi connectivity index (χ2n) is 6.25. The normalized spacial score (nSPS) is 18.1. The lowest BCUT2D eigenvalue weighted by atomic mass is 10.1. The molecule has 24 heavy (non-hydrogen) atoms. The van der Waals surface area contributed by atoms with Gasteiger partial charge in [0, 0.05) is 16.6 Å². The molecule has 2 heterocycles. The van der Waals surface area contributed by atoms with Crippen molar-refractivity contribution in [3.63, 3.8) is 0 Å². The SMILES string of the molecule is O=C(CN1CCC[C@@H]1c1cccs1)Nc1ccc2ccccc2c1. The van der Waals surface area contributed by atoms with Gasteiger partial charge in [0.15, 0.2) is 0 Å². The number of anilines is 1. The Morgan fingerprint density at radius 2 is 2.00 bits per heavy atom. The van der Waals surface area contributed by atoms with Crippen LogP contribution in [0.25, 0.3) is 10.8 Å². The predicted molar refractivity (Wildman–Crippen MR) is 100 cm³/mol. The summed E-state index contributed by atoms with van der Waals surface area (Å²) in [5.41, 5.74) is 0.866. The lowest BCUT2D eigenvalue weighted by Crippen LogP contribution is -2.32. The largest absolute Gasteiger partial charge is 0.325 e. The summed E-state index contributed by atoms with van der Waals surface area (Å²) in [6.07, 6.45) is 2.30. The molecule has 1 N–H and O–H groups in total. The maximum atomic E-state index is 12.5. The Kier molecular flexibility index (Phi) is 4.32. The van der Waals surface area contributed by atoms with E-state index < -0.39 is 0 Å². The summed E-state index contributed by atoms with van der Waals surface area (Å²) in [6, 6.07) is 18.9. The molecule has 2 aromatic carbocycles. The van der Waals surface area contributed by atoms with Gasteiger partial charge >= 0.3 is 0 Å². The van der Waals surface area contributed by atoms with Gasteiger partial charge in [0.1, 0.15) is 0 Å². The van der Waals surface area contributed by atoms with Gasteiger partial charge in [0.2, 0.25) is 5.91 Å². The number of likely N-dealkylation sites (tertiary alicyclic amines) is 1. The van der Waals surface area contributed by atoms with Crippen molar-refractivity contribution in [1.82, 2.24) is 4.90 Å². The zero-order valence-corrected chi connectivity index (χ0v) is 14.3. The lowest BCUT2D eigenvalue weighted by Gasteiger charge is -2.22. The van der Waals surface area contributed by atoms with Crippen LogP contribution in [0.4, 0.5) is 5.69 Å². The Hall–Kier alpha value is -2.17. The monoisotopic (exact) mass is 336 g/mol. The zero-order valence-electron chi connectivity index (χ0n) is 13.4. The Balaban J connectivity index is 1.44. The standard InChI is InChI=1S/C20H20N2OS/c23-20(14-22-11-3-7-18(22)19-8-4-12-24-19)21-17-10-9-15-5-1-2-6-16(15)13-17/h1-2,4-6,8-10,12-13,18H,3,7,11,14H2,(H,21,23)/t18-/m1/s1. The van der Waals surface area contributed by atoms with Crippen molar-refractivity contribution in [1.29, 1.82) is 0 Å². The van der Waals surface area contributed by atoms with E-state index >= 15 is 0 Å². The summed E-state index contributed by atoms with van der Waals surface area (Å²) in [5.74, 6) is 0.0636. The highest BCUT2D eigenvalue weighted by atomic mass is 32.1. The van der Waals surface area contributed by atoms with E-state index in [0.717, 1.165) is 30.5 Å². The van der Waals surface area contributed by atoms with E-state index in [1.165, 1.54) is 10.3 Å². The van der Waals surface area contributed by atoms with Gasteiger partial charge in [-0.15, -0.1) is 11.3 Å². The molecule has 3 nitrogen and oxygen atoms in total. The Labute approximate surface area is 145 Å².